The minimum absolute atomic E-state index is 0.777. The summed E-state index contributed by atoms with van der Waals surface area (Å²) in [4.78, 5) is 0. The van der Waals surface area contributed by atoms with E-state index in [1.54, 1.807) is 6.26 Å². The van der Waals surface area contributed by atoms with E-state index in [0.717, 1.165) is 30.3 Å². The van der Waals surface area contributed by atoms with Crippen LogP contribution in [0.1, 0.15) is 31.5 Å². The van der Waals surface area contributed by atoms with Gasteiger partial charge in [-0.1, -0.05) is 18.0 Å². The molecule has 2 aromatic heterocycles. The second-order valence-corrected chi connectivity index (χ2v) is 4.14. The van der Waals surface area contributed by atoms with Crippen LogP contribution in [-0.2, 0) is 13.0 Å². The summed E-state index contributed by atoms with van der Waals surface area (Å²) in [5.74, 6) is 1.92. The SMILES string of the molecule is c1cc(-c2nnc3n2CCCCCC3)no1. The summed E-state index contributed by atoms with van der Waals surface area (Å²) in [5.41, 5.74) is 0.777. The minimum atomic E-state index is 0.777. The lowest BCUT2D eigenvalue weighted by Crippen LogP contribution is -2.08. The van der Waals surface area contributed by atoms with Crippen molar-refractivity contribution in [3.63, 3.8) is 0 Å². The molecular weight excluding hydrogens is 204 g/mol. The number of nitrogens with zero attached hydrogens (tertiary/aromatic N) is 4. The number of aromatic nitrogens is 4. The maximum absolute atomic E-state index is 4.85. The van der Waals surface area contributed by atoms with Gasteiger partial charge < -0.3 is 9.09 Å². The molecule has 0 saturated carbocycles. The van der Waals surface area contributed by atoms with Crippen LogP contribution in [0.3, 0.4) is 0 Å². The van der Waals surface area contributed by atoms with Gasteiger partial charge in [-0.2, -0.15) is 0 Å². The van der Waals surface area contributed by atoms with Gasteiger partial charge >= 0.3 is 0 Å². The van der Waals surface area contributed by atoms with Crippen molar-refractivity contribution in [1.82, 2.24) is 19.9 Å². The third-order valence-corrected chi connectivity index (χ3v) is 3.03. The first-order valence-corrected chi connectivity index (χ1v) is 5.78. The first kappa shape index (κ1) is 9.57. The summed E-state index contributed by atoms with van der Waals surface area (Å²) in [5, 5.41) is 12.4. The molecule has 5 heteroatoms. The van der Waals surface area contributed by atoms with Gasteiger partial charge in [-0.05, 0) is 12.8 Å². The maximum Gasteiger partial charge on any atom is 0.186 e. The predicted molar refractivity (Wildman–Crippen MR) is 57.7 cm³/mol. The predicted octanol–water partition coefficient (Wildman–Crippen LogP) is 2.05. The zero-order valence-corrected chi connectivity index (χ0v) is 9.09. The van der Waals surface area contributed by atoms with Gasteiger partial charge in [0.15, 0.2) is 11.5 Å². The molecule has 0 aliphatic carbocycles. The topological polar surface area (TPSA) is 56.7 Å². The number of hydrogen-bond donors (Lipinski definition) is 0. The molecule has 0 spiro atoms. The molecule has 0 amide bonds. The largest absolute Gasteiger partial charge is 0.364 e. The lowest BCUT2D eigenvalue weighted by molar-refractivity contribution is 0.421. The van der Waals surface area contributed by atoms with Crippen molar-refractivity contribution in [2.24, 2.45) is 0 Å². The van der Waals surface area contributed by atoms with Gasteiger partial charge in [0.25, 0.3) is 0 Å². The van der Waals surface area contributed by atoms with Gasteiger partial charge in [0.1, 0.15) is 12.1 Å². The molecule has 0 radical (unpaired) electrons. The normalized spacial score (nSPS) is 16.5. The van der Waals surface area contributed by atoms with Gasteiger partial charge in [0.2, 0.25) is 0 Å². The van der Waals surface area contributed by atoms with Gasteiger partial charge in [-0.25, -0.2) is 0 Å². The van der Waals surface area contributed by atoms with Crippen LogP contribution >= 0.6 is 0 Å². The van der Waals surface area contributed by atoms with E-state index in [2.05, 4.69) is 19.9 Å². The van der Waals surface area contributed by atoms with Crippen molar-refractivity contribution in [2.45, 2.75) is 38.6 Å². The second kappa shape index (κ2) is 4.08. The Hall–Kier alpha value is -1.65. The lowest BCUT2D eigenvalue weighted by Gasteiger charge is -2.12. The summed E-state index contributed by atoms with van der Waals surface area (Å²) >= 11 is 0. The minimum Gasteiger partial charge on any atom is -0.364 e. The standard InChI is InChI=1S/C11H14N4O/c1-2-4-7-15-10(5-3-1)12-13-11(15)9-6-8-16-14-9/h6,8H,1-5,7H2. The Morgan fingerprint density at radius 1 is 1.12 bits per heavy atom. The fourth-order valence-electron chi connectivity index (χ4n) is 2.18. The first-order chi connectivity index (χ1) is 7.95. The van der Waals surface area contributed by atoms with E-state index in [1.165, 1.54) is 25.7 Å². The monoisotopic (exact) mass is 218 g/mol. The summed E-state index contributed by atoms with van der Waals surface area (Å²) in [7, 11) is 0. The van der Waals surface area contributed by atoms with E-state index >= 15 is 0 Å². The first-order valence-electron chi connectivity index (χ1n) is 5.78. The fourth-order valence-corrected chi connectivity index (χ4v) is 2.18. The molecule has 0 fully saturated rings. The summed E-state index contributed by atoms with van der Waals surface area (Å²) in [6.07, 6.45) is 7.57. The Kier molecular flexibility index (Phi) is 2.44. The summed E-state index contributed by atoms with van der Waals surface area (Å²) < 4.78 is 7.03. The van der Waals surface area contributed by atoms with Crippen LogP contribution in [0.4, 0.5) is 0 Å². The van der Waals surface area contributed by atoms with Crippen molar-refractivity contribution in [1.29, 1.82) is 0 Å². The third-order valence-electron chi connectivity index (χ3n) is 3.03. The van der Waals surface area contributed by atoms with Crippen LogP contribution < -0.4 is 0 Å². The van der Waals surface area contributed by atoms with Gasteiger partial charge in [0.05, 0.1) is 0 Å². The van der Waals surface area contributed by atoms with Crippen molar-refractivity contribution in [3.05, 3.63) is 18.2 Å². The van der Waals surface area contributed by atoms with Crippen LogP contribution in [0.25, 0.3) is 11.5 Å². The van der Waals surface area contributed by atoms with Gasteiger partial charge in [0, 0.05) is 19.0 Å². The number of fused-ring (bicyclic) bond motifs is 1. The summed E-state index contributed by atoms with van der Waals surface area (Å²) in [6.45, 7) is 0.991. The van der Waals surface area contributed by atoms with Crippen molar-refractivity contribution in [3.8, 4) is 11.5 Å². The van der Waals surface area contributed by atoms with Crippen LogP contribution in [0, 0.1) is 0 Å². The van der Waals surface area contributed by atoms with Crippen LogP contribution in [0.15, 0.2) is 16.9 Å². The van der Waals surface area contributed by atoms with E-state index in [1.807, 2.05) is 6.07 Å². The van der Waals surface area contributed by atoms with Gasteiger partial charge in [-0.3, -0.25) is 0 Å². The summed E-state index contributed by atoms with van der Waals surface area (Å²) in [6, 6.07) is 1.83. The molecule has 0 saturated heterocycles. The highest BCUT2D eigenvalue weighted by Gasteiger charge is 2.16. The Balaban J connectivity index is 2.00. The molecule has 0 bridgehead atoms. The van der Waals surface area contributed by atoms with Crippen molar-refractivity contribution < 1.29 is 4.52 Å². The lowest BCUT2D eigenvalue weighted by atomic mass is 10.1. The third kappa shape index (κ3) is 1.62. The average molecular weight is 218 g/mol. The molecule has 2 aromatic rings. The van der Waals surface area contributed by atoms with E-state index in [4.69, 9.17) is 4.52 Å². The van der Waals surface area contributed by atoms with Gasteiger partial charge in [-0.15, -0.1) is 10.2 Å². The second-order valence-electron chi connectivity index (χ2n) is 4.14. The Morgan fingerprint density at radius 2 is 2.06 bits per heavy atom. The molecule has 0 unspecified atom stereocenters. The van der Waals surface area contributed by atoms with E-state index in [0.29, 0.717) is 0 Å². The molecule has 0 N–H and O–H groups in total. The molecule has 1 aliphatic rings. The highest BCUT2D eigenvalue weighted by atomic mass is 16.5. The van der Waals surface area contributed by atoms with Crippen molar-refractivity contribution in [2.75, 3.05) is 0 Å². The average Bonchev–Trinajstić information content (AvgIpc) is 2.86. The molecular formula is C11H14N4O. The Bertz CT molecular complexity index is 460. The number of hydrogen-bond acceptors (Lipinski definition) is 4. The maximum atomic E-state index is 4.85. The molecule has 16 heavy (non-hydrogen) atoms. The Morgan fingerprint density at radius 3 is 2.94 bits per heavy atom. The molecule has 0 atom stereocenters. The Labute approximate surface area is 93.5 Å². The molecule has 84 valence electrons. The smallest absolute Gasteiger partial charge is 0.186 e. The number of rotatable bonds is 1. The van der Waals surface area contributed by atoms with E-state index < -0.39 is 0 Å². The quantitative estimate of drug-likeness (QED) is 0.735. The molecule has 1 aliphatic heterocycles. The fraction of sp³-hybridized carbons (Fsp3) is 0.545. The highest BCUT2D eigenvalue weighted by Crippen LogP contribution is 2.20. The molecule has 3 heterocycles. The zero-order valence-electron chi connectivity index (χ0n) is 9.09. The molecule has 3 rings (SSSR count). The van der Waals surface area contributed by atoms with Crippen LogP contribution in [-0.4, -0.2) is 19.9 Å². The molecule has 0 aromatic carbocycles. The van der Waals surface area contributed by atoms with Crippen LogP contribution in [0.5, 0.6) is 0 Å². The van der Waals surface area contributed by atoms with Crippen LogP contribution in [0.2, 0.25) is 0 Å². The zero-order chi connectivity index (χ0) is 10.8. The van der Waals surface area contributed by atoms with Crippen molar-refractivity contribution >= 4 is 0 Å². The molecule has 5 nitrogen and oxygen atoms in total. The van der Waals surface area contributed by atoms with E-state index in [-0.39, 0.29) is 0 Å². The van der Waals surface area contributed by atoms with E-state index in [9.17, 15) is 0 Å². The number of aryl methyl sites for hydroxylation is 1. The highest BCUT2D eigenvalue weighted by molar-refractivity contribution is 5.47.